The van der Waals surface area contributed by atoms with Crippen LogP contribution in [0.25, 0.3) is 6.08 Å². The maximum Gasteiger partial charge on any atom is 0.270 e. The van der Waals surface area contributed by atoms with Gasteiger partial charge in [-0.05, 0) is 60.3 Å². The Bertz CT molecular complexity index is 819. The number of pyridine rings is 1. The Kier molecular flexibility index (Phi) is 4.18. The maximum atomic E-state index is 12.7. The van der Waals surface area contributed by atoms with Gasteiger partial charge in [0.1, 0.15) is 5.57 Å². The number of aromatic nitrogens is 1. The van der Waals surface area contributed by atoms with Gasteiger partial charge in [-0.1, -0.05) is 11.6 Å². The van der Waals surface area contributed by atoms with Crippen molar-refractivity contribution in [2.75, 3.05) is 4.90 Å². The van der Waals surface area contributed by atoms with Crippen LogP contribution in [0.1, 0.15) is 5.56 Å². The molecule has 0 aliphatic carbocycles. The van der Waals surface area contributed by atoms with E-state index >= 15 is 0 Å². The van der Waals surface area contributed by atoms with Gasteiger partial charge in [-0.2, -0.15) is 0 Å². The van der Waals surface area contributed by atoms with Crippen LogP contribution in [0.2, 0.25) is 5.02 Å². The van der Waals surface area contributed by atoms with Crippen LogP contribution >= 0.6 is 23.8 Å². The predicted molar refractivity (Wildman–Crippen MR) is 91.9 cm³/mol. The third-order valence-electron chi connectivity index (χ3n) is 3.20. The van der Waals surface area contributed by atoms with Crippen molar-refractivity contribution in [3.8, 4) is 0 Å². The van der Waals surface area contributed by atoms with Crippen LogP contribution in [0, 0.1) is 0 Å². The molecule has 2 aromatic rings. The molecule has 1 aliphatic heterocycles. The summed E-state index contributed by atoms with van der Waals surface area (Å²) in [7, 11) is 0. The van der Waals surface area contributed by atoms with E-state index in [1.54, 1.807) is 48.8 Å². The zero-order valence-corrected chi connectivity index (χ0v) is 13.3. The molecular weight excluding hydrogens is 334 g/mol. The smallest absolute Gasteiger partial charge is 0.270 e. The monoisotopic (exact) mass is 343 g/mol. The molecule has 1 aliphatic rings. The molecule has 2 heterocycles. The molecule has 5 nitrogen and oxygen atoms in total. The van der Waals surface area contributed by atoms with Gasteiger partial charge in [0.05, 0.1) is 5.69 Å². The van der Waals surface area contributed by atoms with Crippen LogP contribution in [-0.2, 0) is 9.59 Å². The van der Waals surface area contributed by atoms with Gasteiger partial charge in [-0.3, -0.25) is 24.8 Å². The molecule has 0 radical (unpaired) electrons. The molecule has 0 atom stereocenters. The number of nitrogens with one attached hydrogen (secondary N) is 1. The van der Waals surface area contributed by atoms with Crippen molar-refractivity contribution in [1.29, 1.82) is 0 Å². The molecule has 1 aromatic carbocycles. The van der Waals surface area contributed by atoms with Gasteiger partial charge < -0.3 is 0 Å². The Morgan fingerprint density at radius 2 is 1.74 bits per heavy atom. The fraction of sp³-hybridized carbons (Fsp3) is 0. The highest BCUT2D eigenvalue weighted by Crippen LogP contribution is 2.23. The minimum Gasteiger partial charge on any atom is -0.298 e. The highest BCUT2D eigenvalue weighted by atomic mass is 35.5. The van der Waals surface area contributed by atoms with Crippen LogP contribution in [0.15, 0.2) is 54.4 Å². The summed E-state index contributed by atoms with van der Waals surface area (Å²) in [4.78, 5) is 30.0. The van der Waals surface area contributed by atoms with Crippen LogP contribution < -0.4 is 10.2 Å². The first-order chi connectivity index (χ1) is 11.1. The lowest BCUT2D eigenvalue weighted by Crippen LogP contribution is -2.54. The largest absolute Gasteiger partial charge is 0.298 e. The molecule has 1 fully saturated rings. The van der Waals surface area contributed by atoms with E-state index in [2.05, 4.69) is 10.3 Å². The van der Waals surface area contributed by atoms with Gasteiger partial charge in [0.2, 0.25) is 0 Å². The van der Waals surface area contributed by atoms with E-state index in [1.165, 1.54) is 11.0 Å². The Morgan fingerprint density at radius 3 is 2.39 bits per heavy atom. The van der Waals surface area contributed by atoms with E-state index in [0.717, 1.165) is 0 Å². The molecule has 0 unspecified atom stereocenters. The Labute approximate surface area is 142 Å². The first-order valence-electron chi connectivity index (χ1n) is 6.63. The van der Waals surface area contributed by atoms with Gasteiger partial charge in [0.25, 0.3) is 11.8 Å². The molecule has 114 valence electrons. The van der Waals surface area contributed by atoms with E-state index < -0.39 is 11.8 Å². The number of hydrogen-bond acceptors (Lipinski definition) is 4. The molecule has 2 amide bonds. The average molecular weight is 344 g/mol. The van der Waals surface area contributed by atoms with Gasteiger partial charge in [-0.25, -0.2) is 0 Å². The summed E-state index contributed by atoms with van der Waals surface area (Å²) in [6.45, 7) is 0. The van der Waals surface area contributed by atoms with Crippen LogP contribution in [-0.4, -0.2) is 21.9 Å². The average Bonchev–Trinajstić information content (AvgIpc) is 2.54. The van der Waals surface area contributed by atoms with Crippen LogP contribution in [0.3, 0.4) is 0 Å². The van der Waals surface area contributed by atoms with Gasteiger partial charge in [-0.15, -0.1) is 0 Å². The second-order valence-corrected chi connectivity index (χ2v) is 5.54. The van der Waals surface area contributed by atoms with Crippen molar-refractivity contribution >= 4 is 52.5 Å². The zero-order chi connectivity index (χ0) is 16.4. The number of amides is 2. The number of halogens is 1. The number of carbonyl (C=O) groups is 2. The van der Waals surface area contributed by atoms with Crippen molar-refractivity contribution in [1.82, 2.24) is 10.3 Å². The van der Waals surface area contributed by atoms with E-state index in [9.17, 15) is 9.59 Å². The molecule has 0 bridgehead atoms. The number of carbonyl (C=O) groups excluding carboxylic acids is 2. The predicted octanol–water partition coefficient (Wildman–Crippen LogP) is 2.57. The molecule has 3 rings (SSSR count). The molecule has 1 N–H and O–H groups in total. The van der Waals surface area contributed by atoms with Crippen LogP contribution in [0.4, 0.5) is 5.69 Å². The number of nitrogens with zero attached hydrogens (tertiary/aromatic N) is 2. The highest BCUT2D eigenvalue weighted by Gasteiger charge is 2.34. The molecule has 7 heteroatoms. The number of rotatable bonds is 2. The van der Waals surface area contributed by atoms with E-state index in [0.29, 0.717) is 16.3 Å². The Morgan fingerprint density at radius 1 is 1.09 bits per heavy atom. The van der Waals surface area contributed by atoms with E-state index in [1.807, 2.05) is 0 Å². The van der Waals surface area contributed by atoms with Crippen molar-refractivity contribution in [2.24, 2.45) is 0 Å². The summed E-state index contributed by atoms with van der Waals surface area (Å²) in [6.07, 6.45) is 4.67. The summed E-state index contributed by atoms with van der Waals surface area (Å²) < 4.78 is 0. The minimum atomic E-state index is -0.526. The summed E-state index contributed by atoms with van der Waals surface area (Å²) >= 11 is 11.0. The van der Waals surface area contributed by atoms with Crippen molar-refractivity contribution in [3.63, 3.8) is 0 Å². The van der Waals surface area contributed by atoms with Crippen molar-refractivity contribution < 1.29 is 9.59 Å². The second kappa shape index (κ2) is 6.28. The number of hydrogen-bond donors (Lipinski definition) is 1. The summed E-state index contributed by atoms with van der Waals surface area (Å²) in [6, 6.07) is 10.0. The van der Waals surface area contributed by atoms with E-state index in [-0.39, 0.29) is 10.7 Å². The van der Waals surface area contributed by atoms with Gasteiger partial charge >= 0.3 is 0 Å². The standard InChI is InChI=1S/C16H10ClN3O2S/c17-11-1-3-12(4-2-11)20-15(22)13(14(21)19-16(20)23)9-10-5-7-18-8-6-10/h1-9H,(H,19,21,23)/b13-9-. The zero-order valence-electron chi connectivity index (χ0n) is 11.7. The second-order valence-electron chi connectivity index (χ2n) is 4.71. The number of benzene rings is 1. The summed E-state index contributed by atoms with van der Waals surface area (Å²) in [5.74, 6) is -1.01. The van der Waals surface area contributed by atoms with Crippen molar-refractivity contribution in [3.05, 3.63) is 65.0 Å². The Balaban J connectivity index is 2.01. The normalized spacial score (nSPS) is 16.7. The minimum absolute atomic E-state index is 0.000231. The van der Waals surface area contributed by atoms with Crippen LogP contribution in [0.5, 0.6) is 0 Å². The molecule has 1 saturated heterocycles. The lowest BCUT2D eigenvalue weighted by atomic mass is 10.1. The van der Waals surface area contributed by atoms with Gasteiger partial charge in [0.15, 0.2) is 5.11 Å². The quantitative estimate of drug-likeness (QED) is 0.517. The number of thiocarbonyl (C=S) groups is 1. The first-order valence-corrected chi connectivity index (χ1v) is 7.42. The Hall–Kier alpha value is -2.57. The molecule has 0 saturated carbocycles. The van der Waals surface area contributed by atoms with Crippen molar-refractivity contribution in [2.45, 2.75) is 0 Å². The molecule has 23 heavy (non-hydrogen) atoms. The first kappa shape index (κ1) is 15.3. The number of anilines is 1. The lowest BCUT2D eigenvalue weighted by Gasteiger charge is -2.28. The van der Waals surface area contributed by atoms with E-state index in [4.69, 9.17) is 23.8 Å². The fourth-order valence-electron chi connectivity index (χ4n) is 2.11. The third-order valence-corrected chi connectivity index (χ3v) is 3.74. The lowest BCUT2D eigenvalue weighted by molar-refractivity contribution is -0.122. The topological polar surface area (TPSA) is 62.3 Å². The molecular formula is C16H10ClN3O2S. The third kappa shape index (κ3) is 3.13. The summed E-state index contributed by atoms with van der Waals surface area (Å²) in [5, 5.41) is 3.10. The van der Waals surface area contributed by atoms with Gasteiger partial charge in [0, 0.05) is 17.4 Å². The SMILES string of the molecule is O=C1NC(=S)N(c2ccc(Cl)cc2)C(=O)/C1=C\c1ccncc1. The fourth-order valence-corrected chi connectivity index (χ4v) is 2.52. The summed E-state index contributed by atoms with van der Waals surface area (Å²) in [5.41, 5.74) is 1.23. The highest BCUT2D eigenvalue weighted by molar-refractivity contribution is 7.80. The molecule has 1 aromatic heterocycles. The maximum absolute atomic E-state index is 12.7. The molecule has 0 spiro atoms.